The number of aliphatic carboxylic acids is 1. The number of aryl methyl sites for hydroxylation is 1. The van der Waals surface area contributed by atoms with Gasteiger partial charge in [0.25, 0.3) is 5.91 Å². The molecular weight excluding hydrogens is 508 g/mol. The molecule has 3 N–H and O–H groups in total. The number of carboxylic acid groups (broad SMARTS) is 1. The summed E-state index contributed by atoms with van der Waals surface area (Å²) in [5, 5.41) is 15.6. The number of hydrogen-bond acceptors (Lipinski definition) is 4. The predicted octanol–water partition coefficient (Wildman–Crippen LogP) is 6.77. The number of carboxylic acids is 1. The molecule has 39 heavy (non-hydrogen) atoms. The van der Waals surface area contributed by atoms with Crippen LogP contribution in [0.25, 0.3) is 11.1 Å². The van der Waals surface area contributed by atoms with Crippen molar-refractivity contribution in [3.8, 4) is 11.1 Å². The van der Waals surface area contributed by atoms with Gasteiger partial charge in [-0.3, -0.25) is 9.59 Å². The first-order valence-electron chi connectivity index (χ1n) is 14.3. The fourth-order valence-corrected chi connectivity index (χ4v) is 6.03. The Labute approximate surface area is 237 Å². The lowest BCUT2D eigenvalue weighted by molar-refractivity contribution is -0.139. The second-order valence-electron chi connectivity index (χ2n) is 10.8. The lowest BCUT2D eigenvalue weighted by atomic mass is 9.81. The maximum Gasteiger partial charge on any atom is 0.326 e. The Balaban J connectivity index is 1.85. The zero-order chi connectivity index (χ0) is 28.4. The van der Waals surface area contributed by atoms with Gasteiger partial charge in [-0.25, -0.2) is 4.79 Å². The molecule has 2 amide bonds. The zero-order valence-electron chi connectivity index (χ0n) is 23.8. The Bertz CT molecular complexity index is 1130. The summed E-state index contributed by atoms with van der Waals surface area (Å²) in [5.41, 5.74) is 3.97. The Kier molecular flexibility index (Phi) is 11.9. The molecule has 1 saturated carbocycles. The summed E-state index contributed by atoms with van der Waals surface area (Å²) < 4.78 is 0. The summed E-state index contributed by atoms with van der Waals surface area (Å²) in [7, 11) is 0. The molecule has 0 bridgehead atoms. The van der Waals surface area contributed by atoms with E-state index >= 15 is 0 Å². The first kappa shape index (κ1) is 30.7. The van der Waals surface area contributed by atoms with Crippen LogP contribution in [0.1, 0.15) is 92.7 Å². The average Bonchev–Trinajstić information content (AvgIpc) is 2.94. The van der Waals surface area contributed by atoms with Crippen LogP contribution >= 0.6 is 11.8 Å². The van der Waals surface area contributed by atoms with Gasteiger partial charge in [-0.2, -0.15) is 11.8 Å². The van der Waals surface area contributed by atoms with Crippen molar-refractivity contribution in [2.75, 3.05) is 12.0 Å². The van der Waals surface area contributed by atoms with E-state index in [1.807, 2.05) is 56.5 Å². The standard InChI is InChI=1S/C32H44N2O4S/c1-5-24(19-23-12-7-6-8-13-23)30(35)33-22(3)25-15-16-27(28(20-25)26-14-10-9-11-21(26)2)31(36)34-29(32(37)38)17-18-39-4/h9-11,14-16,20,22-24,29H,5-8,12-13,17-19H2,1-4H3,(H,33,35)(H,34,36)(H,37,38). The van der Waals surface area contributed by atoms with Crippen molar-refractivity contribution in [1.82, 2.24) is 10.6 Å². The minimum absolute atomic E-state index is 0.00525. The number of thioether (sulfide) groups is 1. The van der Waals surface area contributed by atoms with Gasteiger partial charge in [0.05, 0.1) is 6.04 Å². The molecule has 3 unspecified atom stereocenters. The number of nitrogens with one attached hydrogen (secondary N) is 2. The molecule has 212 valence electrons. The third-order valence-corrected chi connectivity index (χ3v) is 8.65. The average molecular weight is 553 g/mol. The van der Waals surface area contributed by atoms with Gasteiger partial charge in [0.1, 0.15) is 6.04 Å². The highest BCUT2D eigenvalue weighted by atomic mass is 32.2. The maximum atomic E-state index is 13.4. The van der Waals surface area contributed by atoms with Gasteiger partial charge in [0.2, 0.25) is 5.91 Å². The number of carbonyl (C=O) groups excluding carboxylic acids is 2. The van der Waals surface area contributed by atoms with Crippen LogP contribution in [0.5, 0.6) is 0 Å². The van der Waals surface area contributed by atoms with Crippen LogP contribution in [0.3, 0.4) is 0 Å². The van der Waals surface area contributed by atoms with Gasteiger partial charge < -0.3 is 15.7 Å². The largest absolute Gasteiger partial charge is 0.480 e. The molecule has 3 atom stereocenters. The fourth-order valence-electron chi connectivity index (χ4n) is 5.56. The summed E-state index contributed by atoms with van der Waals surface area (Å²) in [6.07, 6.45) is 10.3. The highest BCUT2D eigenvalue weighted by Crippen LogP contribution is 2.32. The van der Waals surface area contributed by atoms with Crippen molar-refractivity contribution in [1.29, 1.82) is 0 Å². The summed E-state index contributed by atoms with van der Waals surface area (Å²) in [6.45, 7) is 6.06. The second-order valence-corrected chi connectivity index (χ2v) is 11.8. The smallest absolute Gasteiger partial charge is 0.326 e. The second kappa shape index (κ2) is 15.1. The summed E-state index contributed by atoms with van der Waals surface area (Å²) in [4.78, 5) is 38.4. The SMILES string of the molecule is CCC(CC1CCCCC1)C(=O)NC(C)c1ccc(C(=O)NC(CCSC)C(=O)O)c(-c2ccccc2C)c1. The lowest BCUT2D eigenvalue weighted by Crippen LogP contribution is -2.41. The normalized spacial score (nSPS) is 16.2. The molecule has 0 spiro atoms. The van der Waals surface area contributed by atoms with Crippen LogP contribution in [-0.4, -0.2) is 40.9 Å². The van der Waals surface area contributed by atoms with Crippen LogP contribution in [0.15, 0.2) is 42.5 Å². The van der Waals surface area contributed by atoms with E-state index in [9.17, 15) is 19.5 Å². The molecule has 1 aliphatic carbocycles. The monoisotopic (exact) mass is 552 g/mol. The highest BCUT2D eigenvalue weighted by molar-refractivity contribution is 7.98. The molecule has 1 fully saturated rings. The van der Waals surface area contributed by atoms with Crippen LogP contribution in [0.2, 0.25) is 0 Å². The quantitative estimate of drug-likeness (QED) is 0.255. The van der Waals surface area contributed by atoms with Gasteiger partial charge in [0.15, 0.2) is 0 Å². The highest BCUT2D eigenvalue weighted by Gasteiger charge is 2.26. The topological polar surface area (TPSA) is 95.5 Å². The molecule has 2 aromatic rings. The van der Waals surface area contributed by atoms with E-state index in [1.165, 1.54) is 32.1 Å². The molecule has 0 radical (unpaired) electrons. The molecule has 7 heteroatoms. The van der Waals surface area contributed by atoms with E-state index < -0.39 is 17.9 Å². The molecule has 6 nitrogen and oxygen atoms in total. The van der Waals surface area contributed by atoms with E-state index in [0.29, 0.717) is 23.7 Å². The number of carbonyl (C=O) groups is 3. The van der Waals surface area contributed by atoms with Crippen LogP contribution in [0.4, 0.5) is 0 Å². The summed E-state index contributed by atoms with van der Waals surface area (Å²) in [6, 6.07) is 12.2. The van der Waals surface area contributed by atoms with Crippen molar-refractivity contribution in [2.24, 2.45) is 11.8 Å². The first-order chi connectivity index (χ1) is 18.7. The van der Waals surface area contributed by atoms with Gasteiger partial charge in [0, 0.05) is 11.5 Å². The Morgan fingerprint density at radius 1 is 1.03 bits per heavy atom. The number of benzene rings is 2. The molecule has 0 saturated heterocycles. The Morgan fingerprint density at radius 3 is 2.38 bits per heavy atom. The fraction of sp³-hybridized carbons (Fsp3) is 0.531. The lowest BCUT2D eigenvalue weighted by Gasteiger charge is -2.27. The van der Waals surface area contributed by atoms with Crippen LogP contribution in [0, 0.1) is 18.8 Å². The third-order valence-electron chi connectivity index (χ3n) is 8.00. The van der Waals surface area contributed by atoms with E-state index in [1.54, 1.807) is 17.8 Å². The zero-order valence-corrected chi connectivity index (χ0v) is 24.6. The molecule has 0 heterocycles. The van der Waals surface area contributed by atoms with E-state index in [-0.39, 0.29) is 17.9 Å². The molecule has 1 aliphatic rings. The predicted molar refractivity (Wildman–Crippen MR) is 160 cm³/mol. The molecule has 0 aromatic heterocycles. The molecule has 3 rings (SSSR count). The summed E-state index contributed by atoms with van der Waals surface area (Å²) in [5.74, 6) is -0.0817. The van der Waals surface area contributed by atoms with Gasteiger partial charge in [-0.05, 0) is 85.4 Å². The van der Waals surface area contributed by atoms with E-state index in [4.69, 9.17) is 0 Å². The van der Waals surface area contributed by atoms with Crippen molar-refractivity contribution in [2.45, 2.75) is 84.2 Å². The van der Waals surface area contributed by atoms with E-state index in [2.05, 4.69) is 17.6 Å². The number of hydrogen-bond donors (Lipinski definition) is 3. The van der Waals surface area contributed by atoms with Gasteiger partial charge in [-0.15, -0.1) is 0 Å². The number of amides is 2. The van der Waals surface area contributed by atoms with Crippen LogP contribution in [-0.2, 0) is 9.59 Å². The Hall–Kier alpha value is -2.80. The van der Waals surface area contributed by atoms with Crippen molar-refractivity contribution in [3.63, 3.8) is 0 Å². The minimum atomic E-state index is -1.04. The van der Waals surface area contributed by atoms with Gasteiger partial charge >= 0.3 is 5.97 Å². The summed E-state index contributed by atoms with van der Waals surface area (Å²) >= 11 is 1.55. The maximum absolute atomic E-state index is 13.4. The molecular formula is C32H44N2O4S. The van der Waals surface area contributed by atoms with Crippen LogP contribution < -0.4 is 10.6 Å². The van der Waals surface area contributed by atoms with Crippen molar-refractivity contribution >= 4 is 29.5 Å². The van der Waals surface area contributed by atoms with Crippen molar-refractivity contribution in [3.05, 3.63) is 59.2 Å². The first-order valence-corrected chi connectivity index (χ1v) is 15.7. The molecule has 0 aliphatic heterocycles. The minimum Gasteiger partial charge on any atom is -0.480 e. The van der Waals surface area contributed by atoms with E-state index in [0.717, 1.165) is 35.1 Å². The molecule has 2 aromatic carbocycles. The third kappa shape index (κ3) is 8.59. The Morgan fingerprint density at radius 2 is 1.74 bits per heavy atom. The number of rotatable bonds is 13. The van der Waals surface area contributed by atoms with Crippen molar-refractivity contribution < 1.29 is 19.5 Å². The van der Waals surface area contributed by atoms with Gasteiger partial charge in [-0.1, -0.05) is 69.4 Å².